The Bertz CT molecular complexity index is 1490. The van der Waals surface area contributed by atoms with Crippen LogP contribution in [0.5, 0.6) is 0 Å². The van der Waals surface area contributed by atoms with Crippen molar-refractivity contribution in [1.82, 2.24) is 20.6 Å². The van der Waals surface area contributed by atoms with Gasteiger partial charge in [-0.15, -0.1) is 0 Å². The molecule has 2 saturated carbocycles. The summed E-state index contributed by atoms with van der Waals surface area (Å²) in [5, 5.41) is 15.2. The Hall–Kier alpha value is -3.71. The SMILES string of the molecule is CS(=O)(=O)c1ccc(-c2ccc3nc(C(=O)NC4(C(=O)NC5(C#N)CC5)CCCCC4)[nH]c3c2)cc1. The molecule has 3 N–H and O–H groups in total. The Morgan fingerprint density at radius 1 is 0.972 bits per heavy atom. The number of amides is 2. The number of aromatic amines is 1. The zero-order chi connectivity index (χ0) is 25.6. The van der Waals surface area contributed by atoms with E-state index in [1.807, 2.05) is 12.1 Å². The van der Waals surface area contributed by atoms with Crippen LogP contribution in [0.3, 0.4) is 0 Å². The lowest BCUT2D eigenvalue weighted by atomic mass is 9.80. The van der Waals surface area contributed by atoms with E-state index in [4.69, 9.17) is 0 Å². The second-order valence-electron chi connectivity index (χ2n) is 9.86. The standard InChI is InChI=1S/C26H27N5O4S/c1-36(34,35)19-8-5-17(6-9-19)18-7-10-20-21(15-18)29-22(28-20)23(32)30-26(11-3-2-4-12-26)24(33)31-25(16-27)13-14-25/h5-10,15H,2-4,11-14H2,1H3,(H,28,29)(H,30,32)(H,31,33). The maximum absolute atomic E-state index is 13.2. The van der Waals surface area contributed by atoms with Crippen LogP contribution in [0.1, 0.15) is 55.6 Å². The topological polar surface area (TPSA) is 145 Å². The number of carbonyl (C=O) groups excluding carboxylic acids is 2. The maximum atomic E-state index is 13.2. The van der Waals surface area contributed by atoms with Gasteiger partial charge < -0.3 is 15.6 Å². The average molecular weight is 506 g/mol. The van der Waals surface area contributed by atoms with Gasteiger partial charge in [-0.2, -0.15) is 5.26 Å². The van der Waals surface area contributed by atoms with Crippen LogP contribution >= 0.6 is 0 Å². The Morgan fingerprint density at radius 3 is 2.25 bits per heavy atom. The van der Waals surface area contributed by atoms with Crippen LogP contribution in [0.25, 0.3) is 22.2 Å². The van der Waals surface area contributed by atoms with Gasteiger partial charge in [0.2, 0.25) is 5.91 Å². The highest BCUT2D eigenvalue weighted by Gasteiger charge is 2.50. The number of fused-ring (bicyclic) bond motifs is 1. The molecule has 0 atom stereocenters. The molecular formula is C26H27N5O4S. The first-order valence-corrected chi connectivity index (χ1v) is 13.9. The molecule has 2 aromatic carbocycles. The number of imidazole rings is 1. The summed E-state index contributed by atoms with van der Waals surface area (Å²) >= 11 is 0. The summed E-state index contributed by atoms with van der Waals surface area (Å²) in [7, 11) is -3.28. The summed E-state index contributed by atoms with van der Waals surface area (Å²) in [5.41, 5.74) is 1.05. The average Bonchev–Trinajstić information content (AvgIpc) is 3.51. The van der Waals surface area contributed by atoms with E-state index in [9.17, 15) is 23.3 Å². The van der Waals surface area contributed by atoms with Crippen molar-refractivity contribution in [3.8, 4) is 17.2 Å². The van der Waals surface area contributed by atoms with Gasteiger partial charge in [0.05, 0.1) is 22.0 Å². The first-order valence-electron chi connectivity index (χ1n) is 12.0. The molecule has 1 aromatic heterocycles. The van der Waals surface area contributed by atoms with E-state index < -0.39 is 26.8 Å². The minimum absolute atomic E-state index is 0.105. The molecule has 186 valence electrons. The second kappa shape index (κ2) is 8.75. The highest BCUT2D eigenvalue weighted by Crippen LogP contribution is 2.37. The molecule has 2 amide bonds. The van der Waals surface area contributed by atoms with E-state index in [0.717, 1.165) is 30.4 Å². The first kappa shape index (κ1) is 24.0. The molecule has 0 aliphatic heterocycles. The Balaban J connectivity index is 1.38. The Morgan fingerprint density at radius 2 is 1.64 bits per heavy atom. The molecule has 0 unspecified atom stereocenters. The molecule has 1 heterocycles. The van der Waals surface area contributed by atoms with Crippen molar-refractivity contribution >= 4 is 32.7 Å². The molecular weight excluding hydrogens is 478 g/mol. The maximum Gasteiger partial charge on any atom is 0.287 e. The van der Waals surface area contributed by atoms with E-state index in [0.29, 0.717) is 36.7 Å². The summed E-state index contributed by atoms with van der Waals surface area (Å²) in [6, 6.07) is 14.3. The number of sulfone groups is 1. The largest absolute Gasteiger partial charge is 0.336 e. The number of hydrogen-bond acceptors (Lipinski definition) is 6. The van der Waals surface area contributed by atoms with Crippen molar-refractivity contribution in [2.45, 2.75) is 60.9 Å². The Labute approximate surface area is 209 Å². The fourth-order valence-corrected chi connectivity index (χ4v) is 5.39. The summed E-state index contributed by atoms with van der Waals surface area (Å²) < 4.78 is 23.5. The molecule has 0 radical (unpaired) electrons. The third-order valence-corrected chi connectivity index (χ3v) is 8.25. The molecule has 0 saturated heterocycles. The number of hydrogen-bond donors (Lipinski definition) is 3. The molecule has 0 spiro atoms. The van der Waals surface area contributed by atoms with Crippen LogP contribution in [-0.4, -0.2) is 47.5 Å². The predicted octanol–water partition coefficient (Wildman–Crippen LogP) is 3.24. The molecule has 10 heteroatoms. The highest BCUT2D eigenvalue weighted by atomic mass is 32.2. The van der Waals surface area contributed by atoms with Gasteiger partial charge in [0, 0.05) is 6.26 Å². The minimum atomic E-state index is -3.28. The summed E-state index contributed by atoms with van der Waals surface area (Å²) in [6.07, 6.45) is 6.07. The third kappa shape index (κ3) is 4.58. The van der Waals surface area contributed by atoms with Gasteiger partial charge in [0.1, 0.15) is 11.1 Å². The molecule has 2 fully saturated rings. The van der Waals surface area contributed by atoms with Crippen molar-refractivity contribution in [3.05, 3.63) is 48.3 Å². The lowest BCUT2D eigenvalue weighted by Gasteiger charge is -2.37. The van der Waals surface area contributed by atoms with Crippen molar-refractivity contribution in [2.75, 3.05) is 6.26 Å². The first-order chi connectivity index (χ1) is 17.1. The zero-order valence-electron chi connectivity index (χ0n) is 19.9. The van der Waals surface area contributed by atoms with Gasteiger partial charge in [-0.1, -0.05) is 37.5 Å². The van der Waals surface area contributed by atoms with Gasteiger partial charge >= 0.3 is 0 Å². The van der Waals surface area contributed by atoms with E-state index >= 15 is 0 Å². The minimum Gasteiger partial charge on any atom is -0.336 e. The third-order valence-electron chi connectivity index (χ3n) is 7.12. The van der Waals surface area contributed by atoms with E-state index in [-0.39, 0.29) is 16.6 Å². The molecule has 3 aromatic rings. The molecule has 0 bridgehead atoms. The van der Waals surface area contributed by atoms with E-state index in [1.165, 1.54) is 6.26 Å². The van der Waals surface area contributed by atoms with Gasteiger partial charge in [-0.3, -0.25) is 9.59 Å². The van der Waals surface area contributed by atoms with Gasteiger partial charge in [0.15, 0.2) is 15.7 Å². The van der Waals surface area contributed by atoms with E-state index in [1.54, 1.807) is 30.3 Å². The lowest BCUT2D eigenvalue weighted by Crippen LogP contribution is -2.61. The van der Waals surface area contributed by atoms with Crippen LogP contribution in [-0.2, 0) is 14.6 Å². The number of aromatic nitrogens is 2. The quantitative estimate of drug-likeness (QED) is 0.469. The fourth-order valence-electron chi connectivity index (χ4n) is 4.76. The Kier molecular flexibility index (Phi) is 5.83. The van der Waals surface area contributed by atoms with Crippen LogP contribution in [0.15, 0.2) is 47.4 Å². The normalized spacial score (nSPS) is 18.2. The van der Waals surface area contributed by atoms with E-state index in [2.05, 4.69) is 26.7 Å². The highest BCUT2D eigenvalue weighted by molar-refractivity contribution is 7.90. The zero-order valence-corrected chi connectivity index (χ0v) is 20.7. The number of nitrogens with one attached hydrogen (secondary N) is 3. The lowest BCUT2D eigenvalue weighted by molar-refractivity contribution is -0.129. The predicted molar refractivity (Wildman–Crippen MR) is 134 cm³/mol. The van der Waals surface area contributed by atoms with Gasteiger partial charge in [-0.05, 0) is 61.1 Å². The molecule has 2 aliphatic carbocycles. The van der Waals surface area contributed by atoms with Crippen molar-refractivity contribution in [1.29, 1.82) is 5.26 Å². The molecule has 9 nitrogen and oxygen atoms in total. The summed E-state index contributed by atoms with van der Waals surface area (Å²) in [6.45, 7) is 0. The number of nitriles is 1. The van der Waals surface area contributed by atoms with Gasteiger partial charge in [0.25, 0.3) is 5.91 Å². The number of nitrogens with zero attached hydrogens (tertiary/aromatic N) is 2. The summed E-state index contributed by atoms with van der Waals surface area (Å²) in [5.74, 6) is -0.664. The fraction of sp³-hybridized carbons (Fsp3) is 0.385. The van der Waals surface area contributed by atoms with Crippen LogP contribution in [0.2, 0.25) is 0 Å². The molecule has 2 aliphatic rings. The number of carbonyl (C=O) groups is 2. The van der Waals surface area contributed by atoms with Crippen LogP contribution in [0.4, 0.5) is 0 Å². The van der Waals surface area contributed by atoms with Crippen molar-refractivity contribution in [2.24, 2.45) is 0 Å². The van der Waals surface area contributed by atoms with Crippen molar-refractivity contribution in [3.63, 3.8) is 0 Å². The molecule has 5 rings (SSSR count). The van der Waals surface area contributed by atoms with Crippen LogP contribution < -0.4 is 10.6 Å². The summed E-state index contributed by atoms with van der Waals surface area (Å²) in [4.78, 5) is 34.2. The number of rotatable bonds is 6. The monoisotopic (exact) mass is 505 g/mol. The smallest absolute Gasteiger partial charge is 0.287 e. The number of benzene rings is 2. The number of H-pyrrole nitrogens is 1. The second-order valence-corrected chi connectivity index (χ2v) is 11.9. The molecule has 36 heavy (non-hydrogen) atoms. The van der Waals surface area contributed by atoms with Gasteiger partial charge in [-0.25, -0.2) is 13.4 Å². The van der Waals surface area contributed by atoms with Crippen LogP contribution in [0, 0.1) is 11.3 Å². The van der Waals surface area contributed by atoms with Crippen molar-refractivity contribution < 1.29 is 18.0 Å².